The number of rotatable bonds is 4. The predicted octanol–water partition coefficient (Wildman–Crippen LogP) is 4.80. The van der Waals surface area contributed by atoms with Crippen LogP contribution in [-0.4, -0.2) is 16.5 Å². The van der Waals surface area contributed by atoms with Crippen LogP contribution in [0.15, 0.2) is 30.3 Å². The van der Waals surface area contributed by atoms with Gasteiger partial charge in [0, 0.05) is 16.8 Å². The molecule has 0 unspecified atom stereocenters. The number of aryl methyl sites for hydroxylation is 2. The van der Waals surface area contributed by atoms with Gasteiger partial charge in [-0.1, -0.05) is 19.1 Å². The van der Waals surface area contributed by atoms with Gasteiger partial charge in [-0.05, 0) is 44.0 Å². The molecule has 0 saturated heterocycles. The largest absolute Gasteiger partial charge is 0.369 e. The molecule has 2 heterocycles. The Bertz CT molecular complexity index is 777. The predicted molar refractivity (Wildman–Crippen MR) is 91.1 cm³/mol. The van der Waals surface area contributed by atoms with Crippen molar-refractivity contribution in [1.82, 2.24) is 9.97 Å². The van der Waals surface area contributed by atoms with Crippen molar-refractivity contribution in [2.24, 2.45) is 0 Å². The average Bonchev–Trinajstić information content (AvgIpc) is 2.91. The minimum atomic E-state index is 0.810. The smallest absolute Gasteiger partial charge is 0.172 e. The molecular weight excluding hydrogens is 278 g/mol. The lowest BCUT2D eigenvalue weighted by Crippen LogP contribution is -2.05. The Balaban J connectivity index is 2.19. The number of nitrogens with zero attached hydrogens (tertiary/aromatic N) is 2. The van der Waals surface area contributed by atoms with Crippen LogP contribution in [0.2, 0.25) is 0 Å². The average molecular weight is 297 g/mol. The molecule has 3 nitrogen and oxygen atoms in total. The van der Waals surface area contributed by atoms with E-state index in [9.17, 15) is 0 Å². The molecule has 0 fully saturated rings. The van der Waals surface area contributed by atoms with E-state index >= 15 is 0 Å². The quantitative estimate of drug-likeness (QED) is 0.752. The monoisotopic (exact) mass is 297 g/mol. The fourth-order valence-corrected chi connectivity index (χ4v) is 3.19. The lowest BCUT2D eigenvalue weighted by Gasteiger charge is -2.11. The van der Waals surface area contributed by atoms with Gasteiger partial charge in [0.1, 0.15) is 5.82 Å². The van der Waals surface area contributed by atoms with Gasteiger partial charge >= 0.3 is 0 Å². The Kier molecular flexibility index (Phi) is 3.88. The second-order valence-corrected chi connectivity index (χ2v) is 6.49. The van der Waals surface area contributed by atoms with Crippen molar-refractivity contribution in [1.29, 1.82) is 0 Å². The van der Waals surface area contributed by atoms with Crippen molar-refractivity contribution in [3.05, 3.63) is 40.8 Å². The Hall–Kier alpha value is -1.94. The van der Waals surface area contributed by atoms with E-state index < -0.39 is 0 Å². The van der Waals surface area contributed by atoms with Crippen LogP contribution in [0.4, 0.5) is 5.82 Å². The van der Waals surface area contributed by atoms with E-state index in [0.29, 0.717) is 0 Å². The number of hydrogen-bond acceptors (Lipinski definition) is 4. The van der Waals surface area contributed by atoms with Crippen molar-refractivity contribution in [2.75, 3.05) is 11.9 Å². The highest BCUT2D eigenvalue weighted by atomic mass is 32.1. The molecule has 0 saturated carbocycles. The third-order valence-electron chi connectivity index (χ3n) is 3.43. The molecule has 0 spiro atoms. The van der Waals surface area contributed by atoms with E-state index in [1.54, 1.807) is 11.3 Å². The fourth-order valence-electron chi connectivity index (χ4n) is 2.39. The summed E-state index contributed by atoms with van der Waals surface area (Å²) in [6.45, 7) is 7.30. The molecule has 21 heavy (non-hydrogen) atoms. The van der Waals surface area contributed by atoms with Gasteiger partial charge in [0.2, 0.25) is 0 Å². The summed E-state index contributed by atoms with van der Waals surface area (Å²) in [5.74, 6) is 1.76. The van der Waals surface area contributed by atoms with Crippen LogP contribution in [0.1, 0.15) is 23.8 Å². The molecule has 3 aromatic rings. The number of benzene rings is 1. The zero-order valence-corrected chi connectivity index (χ0v) is 13.4. The van der Waals surface area contributed by atoms with Gasteiger partial charge < -0.3 is 5.32 Å². The van der Waals surface area contributed by atoms with E-state index in [0.717, 1.165) is 40.4 Å². The molecular formula is C17H19N3S. The Labute approximate surface area is 129 Å². The summed E-state index contributed by atoms with van der Waals surface area (Å²) in [4.78, 5) is 11.9. The van der Waals surface area contributed by atoms with Crippen molar-refractivity contribution >= 4 is 28.1 Å². The second-order valence-electron chi connectivity index (χ2n) is 5.20. The van der Waals surface area contributed by atoms with Crippen molar-refractivity contribution in [3.63, 3.8) is 0 Å². The zero-order valence-electron chi connectivity index (χ0n) is 12.6. The van der Waals surface area contributed by atoms with Gasteiger partial charge in [0.25, 0.3) is 0 Å². The zero-order chi connectivity index (χ0) is 14.8. The fraction of sp³-hybridized carbons (Fsp3) is 0.294. The topological polar surface area (TPSA) is 37.8 Å². The normalized spacial score (nSPS) is 11.0. The second kappa shape index (κ2) is 5.82. The number of thiophene rings is 1. The van der Waals surface area contributed by atoms with E-state index in [4.69, 9.17) is 9.97 Å². The molecule has 1 N–H and O–H groups in total. The summed E-state index contributed by atoms with van der Waals surface area (Å²) in [5.41, 5.74) is 2.21. The molecule has 2 aromatic heterocycles. The molecule has 0 aliphatic rings. The summed E-state index contributed by atoms with van der Waals surface area (Å²) >= 11 is 1.73. The maximum absolute atomic E-state index is 4.77. The molecule has 0 amide bonds. The highest BCUT2D eigenvalue weighted by molar-refractivity contribution is 7.15. The SMILES string of the molecule is CCCNc1nc(-c2ccc(C)s2)nc2cccc(C)c12. The number of fused-ring (bicyclic) bond motifs is 1. The van der Waals surface area contributed by atoms with Gasteiger partial charge in [-0.15, -0.1) is 11.3 Å². The van der Waals surface area contributed by atoms with Gasteiger partial charge in [-0.3, -0.25) is 0 Å². The van der Waals surface area contributed by atoms with Crippen LogP contribution < -0.4 is 5.32 Å². The highest BCUT2D eigenvalue weighted by Crippen LogP contribution is 2.30. The molecule has 4 heteroatoms. The Morgan fingerprint density at radius 2 is 1.95 bits per heavy atom. The first-order chi connectivity index (χ1) is 10.2. The van der Waals surface area contributed by atoms with Crippen LogP contribution in [0.3, 0.4) is 0 Å². The first-order valence-corrected chi connectivity index (χ1v) is 8.08. The van der Waals surface area contributed by atoms with Gasteiger partial charge in [0.15, 0.2) is 5.82 Å². The molecule has 1 aromatic carbocycles. The van der Waals surface area contributed by atoms with E-state index in [1.165, 1.54) is 10.4 Å². The molecule has 0 bridgehead atoms. The first kappa shape index (κ1) is 14.0. The van der Waals surface area contributed by atoms with Crippen LogP contribution in [0, 0.1) is 13.8 Å². The molecule has 0 aliphatic carbocycles. The summed E-state index contributed by atoms with van der Waals surface area (Å²) in [6, 6.07) is 10.4. The van der Waals surface area contributed by atoms with Crippen molar-refractivity contribution < 1.29 is 0 Å². The lowest BCUT2D eigenvalue weighted by molar-refractivity contribution is 0.970. The number of nitrogens with one attached hydrogen (secondary N) is 1. The molecule has 0 atom stereocenters. The number of hydrogen-bond donors (Lipinski definition) is 1. The number of aromatic nitrogens is 2. The van der Waals surface area contributed by atoms with E-state index in [1.807, 2.05) is 0 Å². The minimum absolute atomic E-state index is 0.810. The van der Waals surface area contributed by atoms with E-state index in [2.05, 4.69) is 56.4 Å². The summed E-state index contributed by atoms with van der Waals surface area (Å²) in [7, 11) is 0. The summed E-state index contributed by atoms with van der Waals surface area (Å²) in [5, 5.41) is 4.58. The molecule has 108 valence electrons. The summed E-state index contributed by atoms with van der Waals surface area (Å²) < 4.78 is 0. The van der Waals surface area contributed by atoms with Crippen LogP contribution >= 0.6 is 11.3 Å². The summed E-state index contributed by atoms with van der Waals surface area (Å²) in [6.07, 6.45) is 1.07. The van der Waals surface area contributed by atoms with Gasteiger partial charge in [-0.25, -0.2) is 9.97 Å². The maximum Gasteiger partial charge on any atom is 0.172 e. The molecule has 3 rings (SSSR count). The van der Waals surface area contributed by atoms with Crippen molar-refractivity contribution in [3.8, 4) is 10.7 Å². The standard InChI is InChI=1S/C17H19N3S/c1-4-10-18-17-15-11(2)6-5-7-13(15)19-16(20-17)14-9-8-12(3)21-14/h5-9H,4,10H2,1-3H3,(H,18,19,20). The third kappa shape index (κ3) is 2.76. The Morgan fingerprint density at radius 1 is 1.10 bits per heavy atom. The molecule has 0 radical (unpaired) electrons. The van der Waals surface area contributed by atoms with Gasteiger partial charge in [-0.2, -0.15) is 0 Å². The Morgan fingerprint density at radius 3 is 2.67 bits per heavy atom. The minimum Gasteiger partial charge on any atom is -0.369 e. The number of anilines is 1. The van der Waals surface area contributed by atoms with Gasteiger partial charge in [0.05, 0.1) is 10.4 Å². The highest BCUT2D eigenvalue weighted by Gasteiger charge is 2.12. The molecule has 0 aliphatic heterocycles. The van der Waals surface area contributed by atoms with Crippen LogP contribution in [0.5, 0.6) is 0 Å². The van der Waals surface area contributed by atoms with E-state index in [-0.39, 0.29) is 0 Å². The van der Waals surface area contributed by atoms with Crippen LogP contribution in [0.25, 0.3) is 21.6 Å². The lowest BCUT2D eigenvalue weighted by atomic mass is 10.1. The van der Waals surface area contributed by atoms with Crippen LogP contribution in [-0.2, 0) is 0 Å². The maximum atomic E-state index is 4.77. The third-order valence-corrected chi connectivity index (χ3v) is 4.43. The first-order valence-electron chi connectivity index (χ1n) is 7.27. The van der Waals surface area contributed by atoms with Crippen molar-refractivity contribution in [2.45, 2.75) is 27.2 Å².